The van der Waals surface area contributed by atoms with E-state index < -0.39 is 5.56 Å². The summed E-state index contributed by atoms with van der Waals surface area (Å²) in [5, 5.41) is 28.0. The number of azo groups is 1. The van der Waals surface area contributed by atoms with Gasteiger partial charge in [0.15, 0.2) is 5.69 Å². The van der Waals surface area contributed by atoms with E-state index in [-0.39, 0.29) is 23.2 Å². The summed E-state index contributed by atoms with van der Waals surface area (Å²) in [6.45, 7) is 1.61. The fourth-order valence-electron chi connectivity index (χ4n) is 3.15. The van der Waals surface area contributed by atoms with Gasteiger partial charge in [-0.2, -0.15) is 10.4 Å². The number of aromatic hydroxyl groups is 1. The van der Waals surface area contributed by atoms with Crippen molar-refractivity contribution in [3.8, 4) is 11.9 Å². The lowest BCUT2D eigenvalue weighted by Crippen LogP contribution is -2.24. The molecular weight excluding hydrogens is 384 g/mol. The van der Waals surface area contributed by atoms with Gasteiger partial charge in [-0.25, -0.2) is 0 Å². The van der Waals surface area contributed by atoms with Gasteiger partial charge in [0.05, 0.1) is 5.69 Å². The van der Waals surface area contributed by atoms with Gasteiger partial charge in [-0.05, 0) is 44.0 Å². The highest BCUT2D eigenvalue weighted by Gasteiger charge is 2.26. The summed E-state index contributed by atoms with van der Waals surface area (Å²) >= 11 is 3.35. The first-order valence-electron chi connectivity index (χ1n) is 8.08. The van der Waals surface area contributed by atoms with Crippen LogP contribution in [-0.4, -0.2) is 9.67 Å². The molecule has 0 amide bonds. The van der Waals surface area contributed by atoms with Crippen LogP contribution in [0.15, 0.2) is 43.8 Å². The van der Waals surface area contributed by atoms with Crippen LogP contribution in [0.1, 0.15) is 42.9 Å². The molecule has 7 heteroatoms. The van der Waals surface area contributed by atoms with Crippen molar-refractivity contribution in [2.45, 2.75) is 38.6 Å². The fourth-order valence-corrected chi connectivity index (χ4v) is 3.41. The van der Waals surface area contributed by atoms with E-state index in [0.29, 0.717) is 11.3 Å². The Morgan fingerprint density at radius 1 is 1.24 bits per heavy atom. The van der Waals surface area contributed by atoms with E-state index in [1.165, 1.54) is 4.57 Å². The Morgan fingerprint density at radius 3 is 2.48 bits per heavy atom. The number of aromatic nitrogens is 1. The molecular formula is C18H17BrN4O2. The Bertz CT molecular complexity index is 920. The van der Waals surface area contributed by atoms with Crippen LogP contribution in [0.25, 0.3) is 0 Å². The molecule has 3 rings (SSSR count). The number of benzene rings is 1. The molecule has 0 atom stereocenters. The lowest BCUT2D eigenvalue weighted by molar-refractivity contribution is 0.368. The van der Waals surface area contributed by atoms with Gasteiger partial charge >= 0.3 is 0 Å². The normalized spacial score (nSPS) is 14.9. The second-order valence-electron chi connectivity index (χ2n) is 6.07. The van der Waals surface area contributed by atoms with Gasteiger partial charge in [-0.1, -0.05) is 28.8 Å². The number of nitrogens with zero attached hydrogens (tertiary/aromatic N) is 4. The van der Waals surface area contributed by atoms with E-state index >= 15 is 0 Å². The molecule has 1 saturated carbocycles. The quantitative estimate of drug-likeness (QED) is 0.732. The summed E-state index contributed by atoms with van der Waals surface area (Å²) < 4.78 is 2.23. The van der Waals surface area contributed by atoms with E-state index in [2.05, 4.69) is 26.2 Å². The highest BCUT2D eigenvalue weighted by Crippen LogP contribution is 2.35. The lowest BCUT2D eigenvalue weighted by Gasteiger charge is -2.18. The molecule has 0 saturated heterocycles. The summed E-state index contributed by atoms with van der Waals surface area (Å²) in [5.74, 6) is -0.264. The van der Waals surface area contributed by atoms with Crippen LogP contribution in [-0.2, 0) is 0 Å². The van der Waals surface area contributed by atoms with E-state index in [1.54, 1.807) is 19.1 Å². The van der Waals surface area contributed by atoms with Crippen molar-refractivity contribution >= 4 is 27.3 Å². The number of nitriles is 1. The average molecular weight is 401 g/mol. The van der Waals surface area contributed by atoms with Gasteiger partial charge in [0.25, 0.3) is 5.56 Å². The third kappa shape index (κ3) is 3.35. The maximum Gasteiger partial charge on any atom is 0.281 e. The largest absolute Gasteiger partial charge is 0.493 e. The maximum absolute atomic E-state index is 12.9. The first-order chi connectivity index (χ1) is 12.0. The van der Waals surface area contributed by atoms with Crippen molar-refractivity contribution in [2.24, 2.45) is 10.2 Å². The Labute approximate surface area is 153 Å². The summed E-state index contributed by atoms with van der Waals surface area (Å²) in [6.07, 6.45) is 3.62. The number of rotatable bonds is 3. The Hall–Kier alpha value is -2.46. The van der Waals surface area contributed by atoms with Gasteiger partial charge in [-0.15, -0.1) is 5.11 Å². The molecule has 0 unspecified atom stereocenters. The van der Waals surface area contributed by atoms with Crippen LogP contribution < -0.4 is 5.56 Å². The van der Waals surface area contributed by atoms with E-state index in [4.69, 9.17) is 0 Å². The van der Waals surface area contributed by atoms with Gasteiger partial charge in [0, 0.05) is 16.1 Å². The SMILES string of the molecule is Cc1c(C#N)c(O)n(C2CCCC2)c(=O)c1N=Nc1ccc(Br)cc1. The van der Waals surface area contributed by atoms with Crippen LogP contribution >= 0.6 is 15.9 Å². The van der Waals surface area contributed by atoms with Crippen molar-refractivity contribution in [1.82, 2.24) is 4.57 Å². The fraction of sp³-hybridized carbons (Fsp3) is 0.333. The van der Waals surface area contributed by atoms with Gasteiger partial charge < -0.3 is 5.11 Å². The molecule has 1 aliphatic rings. The van der Waals surface area contributed by atoms with Crippen LogP contribution in [0.2, 0.25) is 0 Å². The van der Waals surface area contributed by atoms with E-state index in [1.807, 2.05) is 18.2 Å². The highest BCUT2D eigenvalue weighted by atomic mass is 79.9. The van der Waals surface area contributed by atoms with Crippen molar-refractivity contribution < 1.29 is 5.11 Å². The summed E-state index contributed by atoms with van der Waals surface area (Å²) in [7, 11) is 0. The van der Waals surface area contributed by atoms with Crippen LogP contribution in [0.4, 0.5) is 11.4 Å². The molecule has 1 heterocycles. The van der Waals surface area contributed by atoms with Gasteiger partial charge in [0.1, 0.15) is 11.6 Å². The third-order valence-corrected chi connectivity index (χ3v) is 5.03. The zero-order valence-electron chi connectivity index (χ0n) is 13.7. The zero-order chi connectivity index (χ0) is 18.0. The van der Waals surface area contributed by atoms with Crippen LogP contribution in [0.3, 0.4) is 0 Å². The predicted molar refractivity (Wildman–Crippen MR) is 97.6 cm³/mol. The summed E-state index contributed by atoms with van der Waals surface area (Å²) in [4.78, 5) is 12.9. The second-order valence-corrected chi connectivity index (χ2v) is 6.99. The Kier molecular flexibility index (Phi) is 5.00. The molecule has 2 aromatic rings. The second kappa shape index (κ2) is 7.19. The van der Waals surface area contributed by atoms with Gasteiger partial charge in [-0.3, -0.25) is 9.36 Å². The first-order valence-corrected chi connectivity index (χ1v) is 8.87. The average Bonchev–Trinajstić information content (AvgIpc) is 3.11. The molecule has 0 spiro atoms. The molecule has 1 N–H and O–H groups in total. The molecule has 0 aliphatic heterocycles. The Balaban J connectivity index is 2.12. The number of halogens is 1. The minimum Gasteiger partial charge on any atom is -0.493 e. The molecule has 128 valence electrons. The molecule has 1 aromatic carbocycles. The zero-order valence-corrected chi connectivity index (χ0v) is 15.3. The van der Waals surface area contributed by atoms with Gasteiger partial charge in [0.2, 0.25) is 5.88 Å². The third-order valence-electron chi connectivity index (χ3n) is 4.50. The Morgan fingerprint density at radius 2 is 1.88 bits per heavy atom. The topological polar surface area (TPSA) is 90.7 Å². The number of pyridine rings is 1. The van der Waals surface area contributed by atoms with E-state index in [0.717, 1.165) is 30.2 Å². The lowest BCUT2D eigenvalue weighted by atomic mass is 10.1. The van der Waals surface area contributed by atoms with Crippen molar-refractivity contribution in [3.05, 3.63) is 50.2 Å². The summed E-state index contributed by atoms with van der Waals surface area (Å²) in [5.41, 5.74) is 0.725. The molecule has 0 radical (unpaired) electrons. The monoisotopic (exact) mass is 400 g/mol. The van der Waals surface area contributed by atoms with Crippen molar-refractivity contribution in [3.63, 3.8) is 0 Å². The van der Waals surface area contributed by atoms with Crippen LogP contribution in [0.5, 0.6) is 5.88 Å². The molecule has 1 aromatic heterocycles. The predicted octanol–water partition coefficient (Wildman–Crippen LogP) is 5.03. The number of hydrogen-bond acceptors (Lipinski definition) is 5. The first kappa shape index (κ1) is 17.4. The van der Waals surface area contributed by atoms with Crippen LogP contribution in [0, 0.1) is 18.3 Å². The molecule has 1 aliphatic carbocycles. The highest BCUT2D eigenvalue weighted by molar-refractivity contribution is 9.10. The molecule has 0 bridgehead atoms. The standard InChI is InChI=1S/C18H17BrN4O2/c1-11-15(10-20)17(24)23(14-4-2-3-5-14)18(25)16(11)22-21-13-8-6-12(19)7-9-13/h6-9,14,24H,2-5H2,1H3. The molecule has 6 nitrogen and oxygen atoms in total. The van der Waals surface area contributed by atoms with Crippen molar-refractivity contribution in [1.29, 1.82) is 5.26 Å². The van der Waals surface area contributed by atoms with E-state index in [9.17, 15) is 15.2 Å². The minimum atomic E-state index is -0.401. The maximum atomic E-state index is 12.9. The molecule has 25 heavy (non-hydrogen) atoms. The summed E-state index contributed by atoms with van der Waals surface area (Å²) in [6, 6.07) is 9.08. The smallest absolute Gasteiger partial charge is 0.281 e. The molecule has 1 fully saturated rings. The minimum absolute atomic E-state index is 0.0799. The van der Waals surface area contributed by atoms with Crippen molar-refractivity contribution in [2.75, 3.05) is 0 Å². The number of hydrogen-bond donors (Lipinski definition) is 1.